The molecule has 82 valence electrons. The lowest BCUT2D eigenvalue weighted by Crippen LogP contribution is -2.25. The summed E-state index contributed by atoms with van der Waals surface area (Å²) in [5, 5.41) is 3.45. The molecule has 3 heteroatoms. The molecule has 0 amide bonds. The van der Waals surface area contributed by atoms with E-state index in [1.54, 1.807) is 0 Å². The average Bonchev–Trinajstić information content (AvgIpc) is 2.75. The third-order valence-corrected chi connectivity index (χ3v) is 4.69. The molecule has 1 N–H and O–H groups in total. The fraction of sp³-hybridized carbons (Fsp3) is 0.500. The molecule has 1 aromatic carbocycles. The summed E-state index contributed by atoms with van der Waals surface area (Å²) >= 11 is 5.55. The van der Waals surface area contributed by atoms with Crippen molar-refractivity contribution in [3.05, 3.63) is 34.3 Å². The van der Waals surface area contributed by atoms with E-state index in [-0.39, 0.29) is 0 Å². The van der Waals surface area contributed by atoms with Crippen LogP contribution in [-0.2, 0) is 0 Å². The van der Waals surface area contributed by atoms with Crippen molar-refractivity contribution in [2.24, 2.45) is 5.92 Å². The molecule has 2 rings (SSSR count). The SMILES string of the molecule is CNC(c1ccc(Br)cc1)C1CCSC1. The van der Waals surface area contributed by atoms with Gasteiger partial charge in [0.15, 0.2) is 0 Å². The summed E-state index contributed by atoms with van der Waals surface area (Å²) in [6.07, 6.45) is 1.34. The molecule has 0 aromatic heterocycles. The highest BCUT2D eigenvalue weighted by atomic mass is 79.9. The highest BCUT2D eigenvalue weighted by molar-refractivity contribution is 9.10. The number of benzene rings is 1. The van der Waals surface area contributed by atoms with E-state index in [4.69, 9.17) is 0 Å². The largest absolute Gasteiger partial charge is 0.313 e. The quantitative estimate of drug-likeness (QED) is 0.913. The molecule has 0 radical (unpaired) electrons. The van der Waals surface area contributed by atoms with Gasteiger partial charge in [0.25, 0.3) is 0 Å². The monoisotopic (exact) mass is 285 g/mol. The van der Waals surface area contributed by atoms with Crippen molar-refractivity contribution >= 4 is 27.7 Å². The molecule has 0 bridgehead atoms. The molecule has 15 heavy (non-hydrogen) atoms. The standard InChI is InChI=1S/C12H16BrNS/c1-14-12(10-6-7-15-8-10)9-2-4-11(13)5-3-9/h2-5,10,12,14H,6-8H2,1H3. The van der Waals surface area contributed by atoms with E-state index in [2.05, 4.69) is 64.3 Å². The second kappa shape index (κ2) is 5.37. The lowest BCUT2D eigenvalue weighted by Gasteiger charge is -2.22. The fourth-order valence-electron chi connectivity index (χ4n) is 2.16. The van der Waals surface area contributed by atoms with E-state index < -0.39 is 0 Å². The molecule has 0 saturated carbocycles. The number of hydrogen-bond acceptors (Lipinski definition) is 2. The highest BCUT2D eigenvalue weighted by Crippen LogP contribution is 2.34. The summed E-state index contributed by atoms with van der Waals surface area (Å²) < 4.78 is 1.15. The molecular weight excluding hydrogens is 270 g/mol. The van der Waals surface area contributed by atoms with E-state index in [9.17, 15) is 0 Å². The maximum atomic E-state index is 3.48. The normalized spacial score (nSPS) is 22.9. The zero-order chi connectivity index (χ0) is 10.7. The Balaban J connectivity index is 2.14. The molecule has 1 aromatic rings. The number of nitrogens with one attached hydrogen (secondary N) is 1. The summed E-state index contributed by atoms with van der Waals surface area (Å²) in [6.45, 7) is 0. The van der Waals surface area contributed by atoms with Crippen LogP contribution in [0.15, 0.2) is 28.7 Å². The van der Waals surface area contributed by atoms with Crippen LogP contribution in [0.5, 0.6) is 0 Å². The van der Waals surface area contributed by atoms with Gasteiger partial charge in [0.1, 0.15) is 0 Å². The first-order chi connectivity index (χ1) is 7.31. The van der Waals surface area contributed by atoms with Gasteiger partial charge in [0, 0.05) is 10.5 Å². The van der Waals surface area contributed by atoms with Crippen LogP contribution in [0.2, 0.25) is 0 Å². The van der Waals surface area contributed by atoms with Gasteiger partial charge in [-0.05, 0) is 48.6 Å². The maximum Gasteiger partial charge on any atom is 0.0354 e. The summed E-state index contributed by atoms with van der Waals surface area (Å²) in [6, 6.07) is 9.21. The Labute approximate surface area is 104 Å². The molecule has 1 fully saturated rings. The lowest BCUT2D eigenvalue weighted by atomic mass is 9.93. The molecule has 1 aliphatic heterocycles. The van der Waals surface area contributed by atoms with Gasteiger partial charge in [-0.3, -0.25) is 0 Å². The van der Waals surface area contributed by atoms with Crippen molar-refractivity contribution in [1.82, 2.24) is 5.32 Å². The Morgan fingerprint density at radius 2 is 2.13 bits per heavy atom. The Morgan fingerprint density at radius 3 is 2.67 bits per heavy atom. The Bertz CT molecular complexity index is 306. The van der Waals surface area contributed by atoms with Crippen LogP contribution in [-0.4, -0.2) is 18.6 Å². The Morgan fingerprint density at radius 1 is 1.40 bits per heavy atom. The zero-order valence-electron chi connectivity index (χ0n) is 8.87. The summed E-state index contributed by atoms with van der Waals surface area (Å²) in [7, 11) is 2.07. The topological polar surface area (TPSA) is 12.0 Å². The minimum atomic E-state index is 0.521. The second-order valence-electron chi connectivity index (χ2n) is 3.94. The number of rotatable bonds is 3. The zero-order valence-corrected chi connectivity index (χ0v) is 11.3. The van der Waals surface area contributed by atoms with E-state index in [1.165, 1.54) is 23.5 Å². The Hall–Kier alpha value is 0.01000. The molecule has 0 spiro atoms. The van der Waals surface area contributed by atoms with Crippen molar-refractivity contribution in [2.75, 3.05) is 18.6 Å². The van der Waals surface area contributed by atoms with Crippen molar-refractivity contribution in [3.8, 4) is 0 Å². The predicted octanol–water partition coefficient (Wildman–Crippen LogP) is 3.46. The van der Waals surface area contributed by atoms with Crippen LogP contribution in [0, 0.1) is 5.92 Å². The summed E-state index contributed by atoms with van der Waals surface area (Å²) in [5.41, 5.74) is 1.41. The van der Waals surface area contributed by atoms with E-state index in [1.807, 2.05) is 0 Å². The molecule has 1 aliphatic rings. The van der Waals surface area contributed by atoms with Gasteiger partial charge < -0.3 is 5.32 Å². The smallest absolute Gasteiger partial charge is 0.0354 e. The molecule has 0 aliphatic carbocycles. The Kier molecular flexibility index (Phi) is 4.12. The van der Waals surface area contributed by atoms with Crippen molar-refractivity contribution in [3.63, 3.8) is 0 Å². The van der Waals surface area contributed by atoms with E-state index in [0.717, 1.165) is 10.4 Å². The first-order valence-corrected chi connectivity index (χ1v) is 7.26. The van der Waals surface area contributed by atoms with E-state index >= 15 is 0 Å². The maximum absolute atomic E-state index is 3.48. The lowest BCUT2D eigenvalue weighted by molar-refractivity contribution is 0.420. The van der Waals surface area contributed by atoms with E-state index in [0.29, 0.717) is 6.04 Å². The molecule has 1 saturated heterocycles. The van der Waals surface area contributed by atoms with Gasteiger partial charge in [-0.1, -0.05) is 28.1 Å². The molecular formula is C12H16BrNS. The fourth-order valence-corrected chi connectivity index (χ4v) is 3.72. The van der Waals surface area contributed by atoms with Crippen LogP contribution in [0.1, 0.15) is 18.0 Å². The van der Waals surface area contributed by atoms with Crippen molar-refractivity contribution in [1.29, 1.82) is 0 Å². The van der Waals surface area contributed by atoms with Crippen LogP contribution >= 0.6 is 27.7 Å². The molecule has 1 heterocycles. The third-order valence-electron chi connectivity index (χ3n) is 2.98. The van der Waals surface area contributed by atoms with Gasteiger partial charge in [-0.15, -0.1) is 0 Å². The highest BCUT2D eigenvalue weighted by Gasteiger charge is 2.25. The number of hydrogen-bond donors (Lipinski definition) is 1. The predicted molar refractivity (Wildman–Crippen MR) is 71.4 cm³/mol. The third kappa shape index (κ3) is 2.77. The van der Waals surface area contributed by atoms with Crippen LogP contribution in [0.25, 0.3) is 0 Å². The first kappa shape index (κ1) is 11.5. The minimum Gasteiger partial charge on any atom is -0.313 e. The van der Waals surface area contributed by atoms with Crippen LogP contribution < -0.4 is 5.32 Å². The molecule has 2 unspecified atom stereocenters. The van der Waals surface area contributed by atoms with Gasteiger partial charge in [0.2, 0.25) is 0 Å². The second-order valence-corrected chi connectivity index (χ2v) is 6.01. The van der Waals surface area contributed by atoms with Gasteiger partial charge in [0.05, 0.1) is 0 Å². The van der Waals surface area contributed by atoms with Crippen LogP contribution in [0.3, 0.4) is 0 Å². The van der Waals surface area contributed by atoms with Gasteiger partial charge in [-0.2, -0.15) is 11.8 Å². The van der Waals surface area contributed by atoms with Crippen molar-refractivity contribution in [2.45, 2.75) is 12.5 Å². The van der Waals surface area contributed by atoms with Crippen LogP contribution in [0.4, 0.5) is 0 Å². The number of thioether (sulfide) groups is 1. The molecule has 1 nitrogen and oxygen atoms in total. The summed E-state index contributed by atoms with van der Waals surface area (Å²) in [4.78, 5) is 0. The number of halogens is 1. The van der Waals surface area contributed by atoms with Crippen molar-refractivity contribution < 1.29 is 0 Å². The minimum absolute atomic E-state index is 0.521. The summed E-state index contributed by atoms with van der Waals surface area (Å²) in [5.74, 6) is 3.40. The first-order valence-electron chi connectivity index (χ1n) is 5.31. The molecule has 2 atom stereocenters. The van der Waals surface area contributed by atoms with Gasteiger partial charge >= 0.3 is 0 Å². The van der Waals surface area contributed by atoms with Gasteiger partial charge in [-0.25, -0.2) is 0 Å². The average molecular weight is 286 g/mol.